The van der Waals surface area contributed by atoms with E-state index in [9.17, 15) is 23.3 Å². The average molecular weight is 460 g/mol. The molecule has 0 bridgehead atoms. The van der Waals surface area contributed by atoms with Crippen molar-refractivity contribution in [1.29, 1.82) is 0 Å². The summed E-state index contributed by atoms with van der Waals surface area (Å²) in [5, 5.41) is 13.4. The van der Waals surface area contributed by atoms with Crippen LogP contribution in [0.4, 0.5) is 11.4 Å². The van der Waals surface area contributed by atoms with Crippen molar-refractivity contribution in [3.05, 3.63) is 62.1 Å². The molecule has 0 atom stereocenters. The fraction of sp³-hybridized carbons (Fsp3) is 0.235. The first-order chi connectivity index (χ1) is 13.7. The topological polar surface area (TPSA) is 119 Å². The SMILES string of the molecule is O=C(Nc1ccc(Cl)c(S(=O)(=O)N2CCOCC2)c1)c1cc([N+](=O)[O-])ccc1Cl. The molecule has 12 heteroatoms. The van der Waals surface area contributed by atoms with Crippen LogP contribution < -0.4 is 5.32 Å². The summed E-state index contributed by atoms with van der Waals surface area (Å²) in [6.45, 7) is 0.939. The van der Waals surface area contributed by atoms with Gasteiger partial charge in [-0.05, 0) is 24.3 Å². The highest BCUT2D eigenvalue weighted by atomic mass is 35.5. The van der Waals surface area contributed by atoms with Gasteiger partial charge >= 0.3 is 0 Å². The number of ether oxygens (including phenoxy) is 1. The van der Waals surface area contributed by atoms with Crippen molar-refractivity contribution in [2.45, 2.75) is 4.90 Å². The molecule has 1 fully saturated rings. The summed E-state index contributed by atoms with van der Waals surface area (Å²) in [6.07, 6.45) is 0. The molecular weight excluding hydrogens is 445 g/mol. The molecular formula is C17H15Cl2N3O6S. The molecule has 1 aliphatic heterocycles. The van der Waals surface area contributed by atoms with Gasteiger partial charge in [0.25, 0.3) is 11.6 Å². The summed E-state index contributed by atoms with van der Waals surface area (Å²) in [5.41, 5.74) is -0.270. The summed E-state index contributed by atoms with van der Waals surface area (Å²) < 4.78 is 32.2. The normalized spacial score (nSPS) is 15.1. The van der Waals surface area contributed by atoms with Crippen LogP contribution in [0.25, 0.3) is 0 Å². The molecule has 1 saturated heterocycles. The van der Waals surface area contributed by atoms with E-state index in [0.717, 1.165) is 6.07 Å². The van der Waals surface area contributed by atoms with Crippen LogP contribution in [0.3, 0.4) is 0 Å². The van der Waals surface area contributed by atoms with Crippen LogP contribution in [0.5, 0.6) is 0 Å². The number of nitro groups is 1. The monoisotopic (exact) mass is 459 g/mol. The molecule has 0 spiro atoms. The number of nitrogens with one attached hydrogen (secondary N) is 1. The highest BCUT2D eigenvalue weighted by molar-refractivity contribution is 7.89. The Bertz CT molecular complexity index is 1070. The number of carbonyl (C=O) groups excluding carboxylic acids is 1. The van der Waals surface area contributed by atoms with Gasteiger partial charge in [-0.1, -0.05) is 23.2 Å². The second-order valence-electron chi connectivity index (χ2n) is 6.04. The highest BCUT2D eigenvalue weighted by Gasteiger charge is 2.29. The number of nitrogens with zero attached hydrogens (tertiary/aromatic N) is 2. The van der Waals surface area contributed by atoms with Gasteiger partial charge in [0.2, 0.25) is 10.0 Å². The van der Waals surface area contributed by atoms with Gasteiger partial charge in [0, 0.05) is 30.9 Å². The molecule has 0 unspecified atom stereocenters. The summed E-state index contributed by atoms with van der Waals surface area (Å²) in [4.78, 5) is 22.6. The number of hydrogen-bond donors (Lipinski definition) is 1. The number of anilines is 1. The van der Waals surface area contributed by atoms with Crippen molar-refractivity contribution in [2.24, 2.45) is 0 Å². The molecule has 1 aliphatic rings. The Morgan fingerprint density at radius 2 is 1.76 bits per heavy atom. The van der Waals surface area contributed by atoms with Crippen LogP contribution in [-0.4, -0.2) is 49.9 Å². The maximum Gasteiger partial charge on any atom is 0.270 e. The van der Waals surface area contributed by atoms with Crippen LogP contribution in [0.1, 0.15) is 10.4 Å². The maximum absolute atomic E-state index is 12.9. The van der Waals surface area contributed by atoms with E-state index in [1.807, 2.05) is 0 Å². The number of sulfonamides is 1. The number of rotatable bonds is 5. The molecule has 1 heterocycles. The number of amides is 1. The molecule has 154 valence electrons. The number of halogens is 2. The van der Waals surface area contributed by atoms with Crippen LogP contribution >= 0.6 is 23.2 Å². The van der Waals surface area contributed by atoms with E-state index in [1.165, 1.54) is 34.6 Å². The lowest BCUT2D eigenvalue weighted by atomic mass is 10.2. The Balaban J connectivity index is 1.90. The van der Waals surface area contributed by atoms with E-state index in [0.29, 0.717) is 0 Å². The molecule has 0 aromatic heterocycles. The third-order valence-corrected chi connectivity index (χ3v) is 6.89. The van der Waals surface area contributed by atoms with Gasteiger partial charge in [-0.15, -0.1) is 0 Å². The first-order valence-electron chi connectivity index (χ1n) is 8.33. The predicted molar refractivity (Wildman–Crippen MR) is 107 cm³/mol. The summed E-state index contributed by atoms with van der Waals surface area (Å²) >= 11 is 12.1. The fourth-order valence-electron chi connectivity index (χ4n) is 2.70. The first-order valence-corrected chi connectivity index (χ1v) is 10.5. The van der Waals surface area contributed by atoms with E-state index in [1.54, 1.807) is 0 Å². The minimum Gasteiger partial charge on any atom is -0.379 e. The van der Waals surface area contributed by atoms with Crippen molar-refractivity contribution in [3.63, 3.8) is 0 Å². The summed E-state index contributed by atoms with van der Waals surface area (Å²) in [7, 11) is -3.89. The zero-order valence-electron chi connectivity index (χ0n) is 14.8. The minimum atomic E-state index is -3.89. The van der Waals surface area contributed by atoms with Crippen molar-refractivity contribution < 1.29 is 22.9 Å². The third kappa shape index (κ3) is 4.68. The number of nitro benzene ring substituents is 1. The zero-order valence-corrected chi connectivity index (χ0v) is 17.1. The predicted octanol–water partition coefficient (Wildman–Crippen LogP) is 3.17. The number of benzene rings is 2. The lowest BCUT2D eigenvalue weighted by molar-refractivity contribution is -0.384. The molecule has 1 N–H and O–H groups in total. The van der Waals surface area contributed by atoms with E-state index in [-0.39, 0.29) is 58.2 Å². The summed E-state index contributed by atoms with van der Waals surface area (Å²) in [6, 6.07) is 7.46. The Hall–Kier alpha value is -2.24. The molecule has 2 aromatic rings. The van der Waals surface area contributed by atoms with Gasteiger partial charge in [0.05, 0.1) is 33.7 Å². The lowest BCUT2D eigenvalue weighted by Gasteiger charge is -2.26. The quantitative estimate of drug-likeness (QED) is 0.541. The molecule has 29 heavy (non-hydrogen) atoms. The summed E-state index contributed by atoms with van der Waals surface area (Å²) in [5.74, 6) is -0.726. The zero-order chi connectivity index (χ0) is 21.2. The molecule has 0 aliphatic carbocycles. The van der Waals surface area contributed by atoms with Crippen LogP contribution in [0.15, 0.2) is 41.3 Å². The lowest BCUT2D eigenvalue weighted by Crippen LogP contribution is -2.40. The smallest absolute Gasteiger partial charge is 0.270 e. The fourth-order valence-corrected chi connectivity index (χ4v) is 4.82. The van der Waals surface area contributed by atoms with E-state index < -0.39 is 20.9 Å². The molecule has 3 rings (SSSR count). The van der Waals surface area contributed by atoms with Crippen molar-refractivity contribution in [1.82, 2.24) is 4.31 Å². The van der Waals surface area contributed by atoms with E-state index in [4.69, 9.17) is 27.9 Å². The Labute approximate surface area is 176 Å². The number of non-ortho nitro benzene ring substituents is 1. The highest BCUT2D eigenvalue weighted by Crippen LogP contribution is 2.29. The van der Waals surface area contributed by atoms with Crippen LogP contribution in [-0.2, 0) is 14.8 Å². The Kier molecular flexibility index (Phi) is 6.39. The third-order valence-electron chi connectivity index (χ3n) is 4.18. The largest absolute Gasteiger partial charge is 0.379 e. The van der Waals surface area contributed by atoms with Gasteiger partial charge in [-0.25, -0.2) is 8.42 Å². The van der Waals surface area contributed by atoms with Gasteiger partial charge in [0.15, 0.2) is 0 Å². The van der Waals surface area contributed by atoms with E-state index >= 15 is 0 Å². The van der Waals surface area contributed by atoms with Crippen LogP contribution in [0, 0.1) is 10.1 Å². The standard InChI is InChI=1S/C17H15Cl2N3O6S/c18-14-4-2-12(22(24)25)10-13(14)17(23)20-11-1-3-15(19)16(9-11)29(26,27)21-5-7-28-8-6-21/h1-4,9-10H,5-8H2,(H,20,23). The van der Waals surface area contributed by atoms with Crippen molar-refractivity contribution in [2.75, 3.05) is 31.6 Å². The molecule has 9 nitrogen and oxygen atoms in total. The molecule has 0 saturated carbocycles. The second-order valence-corrected chi connectivity index (χ2v) is 8.76. The van der Waals surface area contributed by atoms with Crippen LogP contribution in [0.2, 0.25) is 10.0 Å². The van der Waals surface area contributed by atoms with Crippen molar-refractivity contribution >= 4 is 50.5 Å². The second kappa shape index (κ2) is 8.64. The van der Waals surface area contributed by atoms with E-state index in [2.05, 4.69) is 5.32 Å². The van der Waals surface area contributed by atoms with Gasteiger partial charge < -0.3 is 10.1 Å². The maximum atomic E-state index is 12.9. The minimum absolute atomic E-state index is 0.00266. The first kappa shape index (κ1) is 21.5. The molecule has 0 radical (unpaired) electrons. The van der Waals surface area contributed by atoms with Gasteiger partial charge in [0.1, 0.15) is 4.90 Å². The van der Waals surface area contributed by atoms with Gasteiger partial charge in [-0.2, -0.15) is 4.31 Å². The number of morpholine rings is 1. The Morgan fingerprint density at radius 3 is 2.41 bits per heavy atom. The van der Waals surface area contributed by atoms with Crippen molar-refractivity contribution in [3.8, 4) is 0 Å². The van der Waals surface area contributed by atoms with Gasteiger partial charge in [-0.3, -0.25) is 14.9 Å². The number of hydrogen-bond acceptors (Lipinski definition) is 6. The molecule has 1 amide bonds. The molecule has 2 aromatic carbocycles. The average Bonchev–Trinajstić information content (AvgIpc) is 2.70. The Morgan fingerprint density at radius 1 is 1.10 bits per heavy atom. The number of carbonyl (C=O) groups is 1.